The molecule has 1 saturated carbocycles. The zero-order valence-corrected chi connectivity index (χ0v) is 11.1. The quantitative estimate of drug-likeness (QED) is 0.857. The van der Waals surface area contributed by atoms with Gasteiger partial charge in [-0.1, -0.05) is 26.2 Å². The van der Waals surface area contributed by atoms with E-state index in [0.717, 1.165) is 12.8 Å². The second-order valence-corrected chi connectivity index (χ2v) is 5.14. The van der Waals surface area contributed by atoms with Crippen molar-refractivity contribution >= 4 is 11.6 Å². The molecule has 5 heteroatoms. The minimum atomic E-state index is -0.140. The van der Waals surface area contributed by atoms with Crippen molar-refractivity contribution in [3.8, 4) is 0 Å². The smallest absolute Gasteiger partial charge is 0.274 e. The standard InChI is InChI=1S/C13H22N4O/c1-3-9-6-4-5-7-11(9)15-13(18)12-10(14)8-17(2)16-12/h8-9,11H,3-7,14H2,1-2H3,(H,15,18). The van der Waals surface area contributed by atoms with Gasteiger partial charge in [0.25, 0.3) is 5.91 Å². The molecule has 0 saturated heterocycles. The van der Waals surface area contributed by atoms with Gasteiger partial charge in [0.05, 0.1) is 5.69 Å². The fourth-order valence-corrected chi connectivity index (χ4v) is 2.81. The Labute approximate surface area is 108 Å². The Kier molecular flexibility index (Phi) is 3.89. The third kappa shape index (κ3) is 2.66. The molecule has 1 aromatic heterocycles. The van der Waals surface area contributed by atoms with Crippen molar-refractivity contribution < 1.29 is 4.79 Å². The first kappa shape index (κ1) is 12.9. The molecule has 0 aliphatic heterocycles. The molecule has 0 bridgehead atoms. The summed E-state index contributed by atoms with van der Waals surface area (Å²) in [5, 5.41) is 7.20. The predicted octanol–water partition coefficient (Wildman–Crippen LogP) is 1.70. The molecule has 2 atom stereocenters. The molecule has 0 aromatic carbocycles. The highest BCUT2D eigenvalue weighted by Crippen LogP contribution is 2.27. The summed E-state index contributed by atoms with van der Waals surface area (Å²) in [6.45, 7) is 2.18. The van der Waals surface area contributed by atoms with Crippen molar-refractivity contribution in [2.75, 3.05) is 5.73 Å². The molecule has 1 aromatic rings. The average molecular weight is 250 g/mol. The molecule has 18 heavy (non-hydrogen) atoms. The normalized spacial score (nSPS) is 23.9. The fourth-order valence-electron chi connectivity index (χ4n) is 2.81. The number of nitrogens with two attached hydrogens (primary N) is 1. The summed E-state index contributed by atoms with van der Waals surface area (Å²) >= 11 is 0. The number of nitrogens with zero attached hydrogens (tertiary/aromatic N) is 2. The predicted molar refractivity (Wildman–Crippen MR) is 71.1 cm³/mol. The number of nitrogens with one attached hydrogen (secondary N) is 1. The second kappa shape index (κ2) is 5.42. The fraction of sp³-hybridized carbons (Fsp3) is 0.692. The van der Waals surface area contributed by atoms with Crippen LogP contribution < -0.4 is 11.1 Å². The third-order valence-corrected chi connectivity index (χ3v) is 3.82. The molecule has 1 aliphatic carbocycles. The van der Waals surface area contributed by atoms with Crippen LogP contribution >= 0.6 is 0 Å². The van der Waals surface area contributed by atoms with E-state index in [1.54, 1.807) is 17.9 Å². The molecule has 0 spiro atoms. The van der Waals surface area contributed by atoms with Crippen LogP contribution in [0.1, 0.15) is 49.5 Å². The maximum atomic E-state index is 12.1. The van der Waals surface area contributed by atoms with Gasteiger partial charge < -0.3 is 11.1 Å². The number of nitrogen functional groups attached to an aromatic ring is 1. The Bertz CT molecular complexity index is 427. The maximum Gasteiger partial charge on any atom is 0.274 e. The first-order chi connectivity index (χ1) is 8.61. The van der Waals surface area contributed by atoms with Crippen LogP contribution in [0.25, 0.3) is 0 Å². The van der Waals surface area contributed by atoms with E-state index < -0.39 is 0 Å². The Morgan fingerprint density at radius 1 is 1.56 bits per heavy atom. The maximum absolute atomic E-state index is 12.1. The van der Waals surface area contributed by atoms with Crippen molar-refractivity contribution in [3.05, 3.63) is 11.9 Å². The van der Waals surface area contributed by atoms with Crippen LogP contribution in [0.15, 0.2) is 6.20 Å². The Balaban J connectivity index is 2.04. The SMILES string of the molecule is CCC1CCCCC1NC(=O)c1nn(C)cc1N. The number of carbonyl (C=O) groups is 1. The lowest BCUT2D eigenvalue weighted by atomic mass is 9.83. The van der Waals surface area contributed by atoms with Gasteiger partial charge in [-0.3, -0.25) is 9.48 Å². The molecule has 100 valence electrons. The van der Waals surface area contributed by atoms with Crippen molar-refractivity contribution in [1.82, 2.24) is 15.1 Å². The first-order valence-corrected chi connectivity index (χ1v) is 6.71. The molecule has 0 radical (unpaired) electrons. The van der Waals surface area contributed by atoms with Crippen molar-refractivity contribution in [2.24, 2.45) is 13.0 Å². The van der Waals surface area contributed by atoms with Crippen LogP contribution in [-0.4, -0.2) is 21.7 Å². The van der Waals surface area contributed by atoms with Crippen LogP contribution in [0.4, 0.5) is 5.69 Å². The Morgan fingerprint density at radius 3 is 2.89 bits per heavy atom. The van der Waals surface area contributed by atoms with Gasteiger partial charge in [0, 0.05) is 19.3 Å². The van der Waals surface area contributed by atoms with Crippen LogP contribution in [-0.2, 0) is 7.05 Å². The summed E-state index contributed by atoms with van der Waals surface area (Å²) in [6.07, 6.45) is 7.52. The van der Waals surface area contributed by atoms with E-state index in [4.69, 9.17) is 5.73 Å². The van der Waals surface area contributed by atoms with Crippen LogP contribution in [0.3, 0.4) is 0 Å². The second-order valence-electron chi connectivity index (χ2n) is 5.14. The number of hydrogen-bond acceptors (Lipinski definition) is 3. The van der Waals surface area contributed by atoms with Crippen molar-refractivity contribution in [3.63, 3.8) is 0 Å². The van der Waals surface area contributed by atoms with Gasteiger partial charge >= 0.3 is 0 Å². The molecule has 5 nitrogen and oxygen atoms in total. The number of aryl methyl sites for hydroxylation is 1. The van der Waals surface area contributed by atoms with Crippen LogP contribution in [0.2, 0.25) is 0 Å². The van der Waals surface area contributed by atoms with Crippen molar-refractivity contribution in [1.29, 1.82) is 0 Å². The van der Waals surface area contributed by atoms with E-state index in [-0.39, 0.29) is 11.9 Å². The Hall–Kier alpha value is -1.52. The van der Waals surface area contributed by atoms with Gasteiger partial charge in [-0.2, -0.15) is 5.10 Å². The van der Waals surface area contributed by atoms with Crippen LogP contribution in [0.5, 0.6) is 0 Å². The molecule has 1 fully saturated rings. The zero-order chi connectivity index (χ0) is 13.1. The highest BCUT2D eigenvalue weighted by Gasteiger charge is 2.26. The molecular formula is C13H22N4O. The van der Waals surface area contributed by atoms with E-state index >= 15 is 0 Å². The van der Waals surface area contributed by atoms with Gasteiger partial charge in [-0.25, -0.2) is 0 Å². The van der Waals surface area contributed by atoms with Gasteiger partial charge in [-0.15, -0.1) is 0 Å². The van der Waals surface area contributed by atoms with E-state index in [1.165, 1.54) is 19.3 Å². The summed E-state index contributed by atoms with van der Waals surface area (Å²) in [4.78, 5) is 12.1. The first-order valence-electron chi connectivity index (χ1n) is 6.71. The molecule has 3 N–H and O–H groups in total. The Morgan fingerprint density at radius 2 is 2.28 bits per heavy atom. The minimum Gasteiger partial charge on any atom is -0.396 e. The summed E-state index contributed by atoms with van der Waals surface area (Å²) in [5.41, 5.74) is 6.56. The number of rotatable bonds is 3. The number of anilines is 1. The molecule has 1 amide bonds. The highest BCUT2D eigenvalue weighted by molar-refractivity contribution is 5.97. The van der Waals surface area contributed by atoms with Gasteiger partial charge in [-0.05, 0) is 18.8 Å². The number of hydrogen-bond donors (Lipinski definition) is 2. The summed E-state index contributed by atoms with van der Waals surface area (Å²) < 4.78 is 1.57. The lowest BCUT2D eigenvalue weighted by Crippen LogP contribution is -2.42. The molecule has 2 unspecified atom stereocenters. The van der Waals surface area contributed by atoms with Gasteiger partial charge in [0.2, 0.25) is 0 Å². The minimum absolute atomic E-state index is 0.140. The van der Waals surface area contributed by atoms with E-state index in [1.807, 2.05) is 0 Å². The summed E-state index contributed by atoms with van der Waals surface area (Å²) in [6, 6.07) is 0.276. The van der Waals surface area contributed by atoms with Gasteiger partial charge in [0.1, 0.15) is 0 Å². The van der Waals surface area contributed by atoms with E-state index in [9.17, 15) is 4.79 Å². The lowest BCUT2D eigenvalue weighted by Gasteiger charge is -2.31. The summed E-state index contributed by atoms with van der Waals surface area (Å²) in [7, 11) is 1.77. The highest BCUT2D eigenvalue weighted by atomic mass is 16.2. The van der Waals surface area contributed by atoms with Gasteiger partial charge in [0.15, 0.2) is 5.69 Å². The van der Waals surface area contributed by atoms with Crippen LogP contribution in [0, 0.1) is 5.92 Å². The lowest BCUT2D eigenvalue weighted by molar-refractivity contribution is 0.0900. The third-order valence-electron chi connectivity index (χ3n) is 3.82. The van der Waals surface area contributed by atoms with E-state index in [0.29, 0.717) is 17.3 Å². The molecule has 2 rings (SSSR count). The molecule has 1 aliphatic rings. The molecular weight excluding hydrogens is 228 g/mol. The number of amides is 1. The van der Waals surface area contributed by atoms with Crippen molar-refractivity contribution in [2.45, 2.75) is 45.1 Å². The number of aromatic nitrogens is 2. The monoisotopic (exact) mass is 250 g/mol. The summed E-state index contributed by atoms with van der Waals surface area (Å²) in [5.74, 6) is 0.450. The largest absolute Gasteiger partial charge is 0.396 e. The molecule has 1 heterocycles. The topological polar surface area (TPSA) is 72.9 Å². The average Bonchev–Trinajstić information content (AvgIpc) is 2.69. The number of carbonyl (C=O) groups excluding carboxylic acids is 1. The zero-order valence-electron chi connectivity index (χ0n) is 11.1. The van der Waals surface area contributed by atoms with E-state index in [2.05, 4.69) is 17.3 Å².